The minimum Gasteiger partial charge on any atom is -0.432 e. The van der Waals surface area contributed by atoms with E-state index in [0.29, 0.717) is 5.56 Å². The summed E-state index contributed by atoms with van der Waals surface area (Å²) < 4.78 is 4.65. The predicted molar refractivity (Wildman–Crippen MR) is 51.4 cm³/mol. The number of carbonyl (C=O) groups is 1. The van der Waals surface area contributed by atoms with Crippen molar-refractivity contribution >= 4 is 5.97 Å². The molecule has 0 unspecified atom stereocenters. The average Bonchev–Trinajstić information content (AvgIpc) is 2.18. The quantitative estimate of drug-likeness (QED) is 0.522. The maximum Gasteiger partial charge on any atom is 0.342 e. The fourth-order valence-electron chi connectivity index (χ4n) is 1.06. The first-order valence-electron chi connectivity index (χ1n) is 4.18. The van der Waals surface area contributed by atoms with Crippen molar-refractivity contribution in [1.82, 2.24) is 0 Å². The molecule has 0 fully saturated rings. The smallest absolute Gasteiger partial charge is 0.342 e. The third-order valence-corrected chi connectivity index (χ3v) is 1.76. The second kappa shape index (κ2) is 4.45. The molecule has 0 radical (unpaired) electrons. The van der Waals surface area contributed by atoms with Gasteiger partial charge in [0.25, 0.3) is 0 Å². The molecule has 1 aromatic carbocycles. The summed E-state index contributed by atoms with van der Waals surface area (Å²) in [4.78, 5) is 11.2. The van der Waals surface area contributed by atoms with Gasteiger partial charge in [-0.15, -0.1) is 0 Å². The molecule has 0 aliphatic rings. The molecule has 0 heterocycles. The van der Waals surface area contributed by atoms with Gasteiger partial charge < -0.3 is 4.74 Å². The highest BCUT2D eigenvalue weighted by atomic mass is 16.5. The van der Waals surface area contributed by atoms with Crippen molar-refractivity contribution in [3.63, 3.8) is 0 Å². The number of rotatable bonds is 3. The highest BCUT2D eigenvalue weighted by Crippen LogP contribution is 2.07. The van der Waals surface area contributed by atoms with Crippen LogP contribution in [0.1, 0.15) is 22.8 Å². The van der Waals surface area contributed by atoms with E-state index in [4.69, 9.17) is 0 Å². The van der Waals surface area contributed by atoms with Crippen LogP contribution in [-0.2, 0) is 11.2 Å². The van der Waals surface area contributed by atoms with E-state index < -0.39 is 0 Å². The van der Waals surface area contributed by atoms with E-state index in [1.54, 1.807) is 6.07 Å². The molecular weight excluding hydrogens is 164 g/mol. The van der Waals surface area contributed by atoms with Crippen LogP contribution in [0.25, 0.3) is 0 Å². The average molecular weight is 176 g/mol. The van der Waals surface area contributed by atoms with Crippen molar-refractivity contribution in [2.24, 2.45) is 0 Å². The Morgan fingerprint density at radius 2 is 2.38 bits per heavy atom. The maximum atomic E-state index is 11.2. The number of aryl methyl sites for hydroxylation is 1. The first kappa shape index (κ1) is 9.52. The van der Waals surface area contributed by atoms with Crippen LogP contribution in [0, 0.1) is 0 Å². The molecule has 0 atom stereocenters. The van der Waals surface area contributed by atoms with Crippen LogP contribution < -0.4 is 0 Å². The summed E-state index contributed by atoms with van der Waals surface area (Å²) in [5.41, 5.74) is 1.69. The molecule has 68 valence electrons. The number of ether oxygens (including phenoxy) is 1. The molecule has 0 aromatic heterocycles. The van der Waals surface area contributed by atoms with Gasteiger partial charge in [-0.2, -0.15) is 0 Å². The fraction of sp³-hybridized carbons (Fsp3) is 0.182. The Morgan fingerprint density at radius 1 is 1.62 bits per heavy atom. The molecule has 0 bridgehead atoms. The first-order chi connectivity index (χ1) is 6.27. The zero-order valence-electron chi connectivity index (χ0n) is 7.62. The van der Waals surface area contributed by atoms with E-state index >= 15 is 0 Å². The second-order valence-corrected chi connectivity index (χ2v) is 2.63. The predicted octanol–water partition coefficient (Wildman–Crippen LogP) is 2.55. The minimum atomic E-state index is -0.356. The van der Waals surface area contributed by atoms with E-state index in [2.05, 4.69) is 11.3 Å². The zero-order chi connectivity index (χ0) is 9.68. The Hall–Kier alpha value is -1.57. The normalized spacial score (nSPS) is 9.31. The molecule has 0 amide bonds. The summed E-state index contributed by atoms with van der Waals surface area (Å²) in [5.74, 6) is -0.356. The lowest BCUT2D eigenvalue weighted by Gasteiger charge is -2.00. The van der Waals surface area contributed by atoms with Gasteiger partial charge in [-0.1, -0.05) is 25.6 Å². The van der Waals surface area contributed by atoms with Crippen molar-refractivity contribution < 1.29 is 9.53 Å². The van der Waals surface area contributed by atoms with Crippen LogP contribution in [0.2, 0.25) is 0 Å². The van der Waals surface area contributed by atoms with Gasteiger partial charge in [-0.05, 0) is 24.1 Å². The van der Waals surface area contributed by atoms with Gasteiger partial charge in [-0.25, -0.2) is 4.79 Å². The molecular formula is C11H12O2. The highest BCUT2D eigenvalue weighted by Gasteiger charge is 2.04. The fourth-order valence-corrected chi connectivity index (χ4v) is 1.06. The lowest BCUT2D eigenvalue weighted by atomic mass is 10.1. The van der Waals surface area contributed by atoms with Gasteiger partial charge in [-0.3, -0.25) is 0 Å². The third kappa shape index (κ3) is 2.44. The lowest BCUT2D eigenvalue weighted by Crippen LogP contribution is -2.00. The summed E-state index contributed by atoms with van der Waals surface area (Å²) in [5, 5.41) is 0. The topological polar surface area (TPSA) is 26.3 Å². The summed E-state index contributed by atoms with van der Waals surface area (Å²) in [6.07, 6.45) is 2.05. The van der Waals surface area contributed by atoms with Crippen molar-refractivity contribution in [3.8, 4) is 0 Å². The minimum absolute atomic E-state index is 0.356. The van der Waals surface area contributed by atoms with Crippen LogP contribution in [0.5, 0.6) is 0 Å². The van der Waals surface area contributed by atoms with E-state index in [-0.39, 0.29) is 5.97 Å². The molecule has 1 rings (SSSR count). The van der Waals surface area contributed by atoms with Gasteiger partial charge in [0.15, 0.2) is 0 Å². The SMILES string of the molecule is C=COC(=O)c1cccc(CC)c1. The molecule has 0 saturated carbocycles. The van der Waals surface area contributed by atoms with Crippen molar-refractivity contribution in [2.45, 2.75) is 13.3 Å². The number of hydrogen-bond acceptors (Lipinski definition) is 2. The van der Waals surface area contributed by atoms with Crippen LogP contribution in [0.4, 0.5) is 0 Å². The van der Waals surface area contributed by atoms with E-state index in [1.807, 2.05) is 25.1 Å². The molecule has 2 nitrogen and oxygen atoms in total. The molecule has 13 heavy (non-hydrogen) atoms. The monoisotopic (exact) mass is 176 g/mol. The van der Waals surface area contributed by atoms with E-state index in [9.17, 15) is 4.79 Å². The zero-order valence-corrected chi connectivity index (χ0v) is 7.62. The van der Waals surface area contributed by atoms with Gasteiger partial charge in [0.1, 0.15) is 0 Å². The van der Waals surface area contributed by atoms with Gasteiger partial charge >= 0.3 is 5.97 Å². The van der Waals surface area contributed by atoms with Crippen molar-refractivity contribution in [3.05, 3.63) is 48.2 Å². The molecule has 1 aromatic rings. The van der Waals surface area contributed by atoms with Gasteiger partial charge in [0.05, 0.1) is 11.8 Å². The molecule has 0 aliphatic carbocycles. The van der Waals surface area contributed by atoms with Crippen LogP contribution in [-0.4, -0.2) is 5.97 Å². The molecule has 0 aliphatic heterocycles. The van der Waals surface area contributed by atoms with Crippen LogP contribution in [0.3, 0.4) is 0 Å². The van der Waals surface area contributed by atoms with Gasteiger partial charge in [0, 0.05) is 0 Å². The molecule has 2 heteroatoms. The highest BCUT2D eigenvalue weighted by molar-refractivity contribution is 5.89. The largest absolute Gasteiger partial charge is 0.432 e. The summed E-state index contributed by atoms with van der Waals surface area (Å²) in [6.45, 7) is 5.37. The van der Waals surface area contributed by atoms with E-state index in [1.165, 1.54) is 0 Å². The summed E-state index contributed by atoms with van der Waals surface area (Å²) in [7, 11) is 0. The number of carbonyl (C=O) groups excluding carboxylic acids is 1. The van der Waals surface area contributed by atoms with Gasteiger partial charge in [0.2, 0.25) is 0 Å². The summed E-state index contributed by atoms with van der Waals surface area (Å²) >= 11 is 0. The van der Waals surface area contributed by atoms with Crippen LogP contribution >= 0.6 is 0 Å². The van der Waals surface area contributed by atoms with E-state index in [0.717, 1.165) is 18.2 Å². The molecule has 0 N–H and O–H groups in total. The van der Waals surface area contributed by atoms with Crippen LogP contribution in [0.15, 0.2) is 37.1 Å². The Labute approximate surface area is 77.8 Å². The number of benzene rings is 1. The Kier molecular flexibility index (Phi) is 3.26. The number of hydrogen-bond donors (Lipinski definition) is 0. The second-order valence-electron chi connectivity index (χ2n) is 2.63. The lowest BCUT2D eigenvalue weighted by molar-refractivity contribution is 0.0664. The standard InChI is InChI=1S/C11H12O2/c1-3-9-6-5-7-10(8-9)11(12)13-4-2/h4-8H,2-3H2,1H3. The first-order valence-corrected chi connectivity index (χ1v) is 4.18. The van der Waals surface area contributed by atoms with Crippen molar-refractivity contribution in [1.29, 1.82) is 0 Å². The maximum absolute atomic E-state index is 11.2. The Bertz CT molecular complexity index is 316. The number of esters is 1. The Morgan fingerprint density at radius 3 is 3.00 bits per heavy atom. The molecule has 0 saturated heterocycles. The third-order valence-electron chi connectivity index (χ3n) is 1.76. The van der Waals surface area contributed by atoms with Crippen molar-refractivity contribution in [2.75, 3.05) is 0 Å². The summed E-state index contributed by atoms with van der Waals surface area (Å²) in [6, 6.07) is 7.38. The Balaban J connectivity index is 2.87. The molecule has 0 spiro atoms.